The number of H-pyrrole nitrogens is 1. The molecule has 25 heavy (non-hydrogen) atoms. The van der Waals surface area contributed by atoms with Gasteiger partial charge in [-0.2, -0.15) is 0 Å². The molecule has 0 aliphatic heterocycles. The van der Waals surface area contributed by atoms with Gasteiger partial charge >= 0.3 is 0 Å². The van der Waals surface area contributed by atoms with Gasteiger partial charge in [-0.05, 0) is 68.2 Å². The molecular weight excluding hydrogens is 314 g/mol. The zero-order valence-corrected chi connectivity index (χ0v) is 14.4. The number of aryl methyl sites for hydroxylation is 1. The van der Waals surface area contributed by atoms with Gasteiger partial charge in [-0.15, -0.1) is 0 Å². The first kappa shape index (κ1) is 16.1. The molecule has 2 aliphatic rings. The van der Waals surface area contributed by atoms with Crippen LogP contribution in [0.4, 0.5) is 5.69 Å². The van der Waals surface area contributed by atoms with Crippen molar-refractivity contribution in [2.24, 2.45) is 17.8 Å². The Hall–Kier alpha value is -2.43. The summed E-state index contributed by atoms with van der Waals surface area (Å²) in [6, 6.07) is 8.91. The van der Waals surface area contributed by atoms with Crippen LogP contribution in [0, 0.1) is 24.7 Å². The summed E-state index contributed by atoms with van der Waals surface area (Å²) < 4.78 is 0. The molecule has 1 aromatic heterocycles. The van der Waals surface area contributed by atoms with Gasteiger partial charge in [-0.25, -0.2) is 4.98 Å². The smallest absolute Gasteiger partial charge is 0.251 e. The van der Waals surface area contributed by atoms with E-state index in [2.05, 4.69) is 15.3 Å². The molecule has 1 aromatic carbocycles. The average Bonchev–Trinajstić information content (AvgIpc) is 3.17. The van der Waals surface area contributed by atoms with E-state index in [0.29, 0.717) is 23.9 Å². The van der Waals surface area contributed by atoms with Gasteiger partial charge in [-0.3, -0.25) is 9.59 Å². The minimum absolute atomic E-state index is 0.104. The molecule has 5 heteroatoms. The summed E-state index contributed by atoms with van der Waals surface area (Å²) in [7, 11) is 0. The fraction of sp³-hybridized carbons (Fsp3) is 0.450. The summed E-state index contributed by atoms with van der Waals surface area (Å²) in [5.41, 5.74) is 2.13. The monoisotopic (exact) mass is 337 g/mol. The summed E-state index contributed by atoms with van der Waals surface area (Å²) in [5, 5.41) is 3.00. The first-order chi connectivity index (χ1) is 12.1. The number of hydrogen-bond donors (Lipinski definition) is 2. The van der Waals surface area contributed by atoms with Gasteiger partial charge in [-0.1, -0.05) is 6.42 Å². The van der Waals surface area contributed by atoms with E-state index in [9.17, 15) is 9.59 Å². The molecule has 5 nitrogen and oxygen atoms in total. The van der Waals surface area contributed by atoms with E-state index in [-0.39, 0.29) is 11.5 Å². The number of nitrogens with one attached hydrogen (secondary N) is 2. The molecule has 2 N–H and O–H groups in total. The summed E-state index contributed by atoms with van der Waals surface area (Å²) >= 11 is 0. The molecule has 1 amide bonds. The van der Waals surface area contributed by atoms with Crippen molar-refractivity contribution in [1.29, 1.82) is 0 Å². The van der Waals surface area contributed by atoms with Gasteiger partial charge in [0.2, 0.25) is 5.91 Å². The van der Waals surface area contributed by atoms with Gasteiger partial charge in [0.15, 0.2) is 0 Å². The third-order valence-corrected chi connectivity index (χ3v) is 5.64. The van der Waals surface area contributed by atoms with Gasteiger partial charge in [0, 0.05) is 29.4 Å². The number of carbonyl (C=O) groups excluding carboxylic acids is 1. The highest BCUT2D eigenvalue weighted by Gasteiger charge is 2.40. The summed E-state index contributed by atoms with van der Waals surface area (Å²) in [6.45, 7) is 1.79. The molecule has 2 fully saturated rings. The number of anilines is 1. The summed E-state index contributed by atoms with van der Waals surface area (Å²) in [4.78, 5) is 31.0. The molecular formula is C20H23N3O2. The molecule has 2 aromatic rings. The minimum atomic E-state index is -0.161. The Labute approximate surface area is 146 Å². The van der Waals surface area contributed by atoms with E-state index in [1.807, 2.05) is 24.3 Å². The maximum atomic E-state index is 12.3. The summed E-state index contributed by atoms with van der Waals surface area (Å²) in [5.74, 6) is 2.85. The number of amides is 1. The van der Waals surface area contributed by atoms with E-state index in [1.165, 1.54) is 31.7 Å². The van der Waals surface area contributed by atoms with E-state index < -0.39 is 0 Å². The van der Waals surface area contributed by atoms with Crippen LogP contribution in [0.3, 0.4) is 0 Å². The predicted molar refractivity (Wildman–Crippen MR) is 97.2 cm³/mol. The van der Waals surface area contributed by atoms with Crippen LogP contribution in [0.2, 0.25) is 0 Å². The van der Waals surface area contributed by atoms with Crippen LogP contribution in [-0.4, -0.2) is 15.9 Å². The Balaban J connectivity index is 1.40. The second-order valence-corrected chi connectivity index (χ2v) is 7.50. The van der Waals surface area contributed by atoms with E-state index >= 15 is 0 Å². The van der Waals surface area contributed by atoms with Crippen LogP contribution in [0.5, 0.6) is 0 Å². The lowest BCUT2D eigenvalue weighted by Gasteiger charge is -2.20. The second kappa shape index (κ2) is 6.47. The third kappa shape index (κ3) is 3.50. The van der Waals surface area contributed by atoms with Gasteiger partial charge in [0.05, 0.1) is 0 Å². The van der Waals surface area contributed by atoms with Gasteiger partial charge in [0.1, 0.15) is 5.82 Å². The SMILES string of the molecule is Cc1cc(=O)[nH]c(-c2ccc(NC(=O)C[C@H]3C[C@H]4CC[C@H]3C4)cc2)n1. The van der Waals surface area contributed by atoms with Crippen molar-refractivity contribution in [3.63, 3.8) is 0 Å². The molecule has 2 aliphatic carbocycles. The largest absolute Gasteiger partial charge is 0.326 e. The molecule has 130 valence electrons. The molecule has 0 saturated heterocycles. The topological polar surface area (TPSA) is 74.8 Å². The number of aromatic nitrogens is 2. The lowest BCUT2D eigenvalue weighted by molar-refractivity contribution is -0.117. The van der Waals surface area contributed by atoms with Crippen molar-refractivity contribution in [2.75, 3.05) is 5.32 Å². The highest BCUT2D eigenvalue weighted by Crippen LogP contribution is 2.49. The number of nitrogens with zero attached hydrogens (tertiary/aromatic N) is 1. The van der Waals surface area contributed by atoms with Crippen molar-refractivity contribution in [3.05, 3.63) is 46.4 Å². The highest BCUT2D eigenvalue weighted by atomic mass is 16.1. The zero-order valence-electron chi connectivity index (χ0n) is 14.4. The molecule has 0 radical (unpaired) electrons. The Bertz CT molecular complexity index is 841. The maximum absolute atomic E-state index is 12.3. The number of benzene rings is 1. The highest BCUT2D eigenvalue weighted by molar-refractivity contribution is 5.91. The Kier molecular flexibility index (Phi) is 4.15. The normalized spacial score (nSPS) is 24.4. The molecule has 0 spiro atoms. The molecule has 3 atom stereocenters. The number of rotatable bonds is 4. The third-order valence-electron chi connectivity index (χ3n) is 5.64. The van der Waals surface area contributed by atoms with Crippen molar-refractivity contribution < 1.29 is 4.79 Å². The number of fused-ring (bicyclic) bond motifs is 2. The van der Waals surface area contributed by atoms with Crippen LogP contribution >= 0.6 is 0 Å². The molecule has 1 heterocycles. The van der Waals surface area contributed by atoms with Crippen molar-refractivity contribution in [3.8, 4) is 11.4 Å². The number of carbonyl (C=O) groups is 1. The van der Waals surface area contributed by atoms with Crippen LogP contribution < -0.4 is 10.9 Å². The molecule has 0 unspecified atom stereocenters. The van der Waals surface area contributed by atoms with Crippen molar-refractivity contribution >= 4 is 11.6 Å². The van der Waals surface area contributed by atoms with E-state index in [1.54, 1.807) is 6.92 Å². The van der Waals surface area contributed by atoms with E-state index in [4.69, 9.17) is 0 Å². The fourth-order valence-electron chi connectivity index (χ4n) is 4.50. The van der Waals surface area contributed by atoms with E-state index in [0.717, 1.165) is 23.1 Å². The Morgan fingerprint density at radius 3 is 2.68 bits per heavy atom. The Morgan fingerprint density at radius 1 is 1.24 bits per heavy atom. The van der Waals surface area contributed by atoms with Crippen LogP contribution in [0.25, 0.3) is 11.4 Å². The molecule has 4 rings (SSSR count). The first-order valence-electron chi connectivity index (χ1n) is 9.05. The minimum Gasteiger partial charge on any atom is -0.326 e. The van der Waals surface area contributed by atoms with Gasteiger partial charge < -0.3 is 10.3 Å². The quantitative estimate of drug-likeness (QED) is 0.896. The Morgan fingerprint density at radius 2 is 2.04 bits per heavy atom. The van der Waals surface area contributed by atoms with Crippen molar-refractivity contribution in [2.45, 2.75) is 39.0 Å². The summed E-state index contributed by atoms with van der Waals surface area (Å²) in [6.07, 6.45) is 5.85. The lowest BCUT2D eigenvalue weighted by atomic mass is 9.86. The maximum Gasteiger partial charge on any atom is 0.251 e. The molecule has 2 saturated carbocycles. The number of hydrogen-bond acceptors (Lipinski definition) is 3. The fourth-order valence-corrected chi connectivity index (χ4v) is 4.50. The van der Waals surface area contributed by atoms with Crippen molar-refractivity contribution in [1.82, 2.24) is 9.97 Å². The van der Waals surface area contributed by atoms with Gasteiger partial charge in [0.25, 0.3) is 5.56 Å². The van der Waals surface area contributed by atoms with Crippen LogP contribution in [0.1, 0.15) is 37.8 Å². The predicted octanol–water partition coefficient (Wildman–Crippen LogP) is 3.51. The number of aromatic amines is 1. The zero-order chi connectivity index (χ0) is 17.4. The average molecular weight is 337 g/mol. The molecule has 2 bridgehead atoms. The second-order valence-electron chi connectivity index (χ2n) is 7.50. The standard InChI is InChI=1S/C20H23N3O2/c1-12-8-18(24)23-20(21-12)14-4-6-17(7-5-14)22-19(25)11-16-10-13-2-3-15(16)9-13/h4-8,13,15-16H,2-3,9-11H2,1H3,(H,22,25)(H,21,23,24)/t13-,15-,16+/m0/s1. The lowest BCUT2D eigenvalue weighted by Crippen LogP contribution is -2.20. The van der Waals surface area contributed by atoms with Crippen LogP contribution in [-0.2, 0) is 4.79 Å². The van der Waals surface area contributed by atoms with Crippen LogP contribution in [0.15, 0.2) is 35.1 Å². The first-order valence-corrected chi connectivity index (χ1v) is 9.05.